The summed E-state index contributed by atoms with van der Waals surface area (Å²) >= 11 is 0. The van der Waals surface area contributed by atoms with E-state index < -0.39 is 0 Å². The maximum atomic E-state index is 11.4. The standard InChI is InChI=1S/C16H24N2O2/c1-16(2)10-13-9-12(5-6-14(13)20-16)11-17-8-7-15(19)18(3)4/h5-6,9,17H,7-8,10-11H2,1-4H3. The third-order valence-electron chi connectivity index (χ3n) is 3.47. The van der Waals surface area contributed by atoms with Gasteiger partial charge in [0.1, 0.15) is 11.4 Å². The van der Waals surface area contributed by atoms with Crippen molar-refractivity contribution in [3.8, 4) is 5.75 Å². The smallest absolute Gasteiger partial charge is 0.223 e. The van der Waals surface area contributed by atoms with E-state index in [2.05, 4.69) is 31.3 Å². The van der Waals surface area contributed by atoms with Gasteiger partial charge in [-0.1, -0.05) is 12.1 Å². The Morgan fingerprint density at radius 3 is 2.85 bits per heavy atom. The van der Waals surface area contributed by atoms with Crippen LogP contribution in [0.2, 0.25) is 0 Å². The minimum Gasteiger partial charge on any atom is -0.487 e. The highest BCUT2D eigenvalue weighted by atomic mass is 16.5. The monoisotopic (exact) mass is 276 g/mol. The van der Waals surface area contributed by atoms with Crippen LogP contribution < -0.4 is 10.1 Å². The first-order valence-corrected chi connectivity index (χ1v) is 7.09. The van der Waals surface area contributed by atoms with Crippen LogP contribution in [0, 0.1) is 0 Å². The molecule has 1 aliphatic rings. The van der Waals surface area contributed by atoms with Crippen LogP contribution >= 0.6 is 0 Å². The Bertz CT molecular complexity index is 495. The average molecular weight is 276 g/mol. The number of hydrogen-bond donors (Lipinski definition) is 1. The molecule has 1 heterocycles. The number of nitrogens with zero attached hydrogens (tertiary/aromatic N) is 1. The second kappa shape index (κ2) is 5.83. The van der Waals surface area contributed by atoms with Crippen molar-refractivity contribution in [1.82, 2.24) is 10.2 Å². The van der Waals surface area contributed by atoms with E-state index >= 15 is 0 Å². The molecule has 0 spiro atoms. The summed E-state index contributed by atoms with van der Waals surface area (Å²) in [6.45, 7) is 5.71. The van der Waals surface area contributed by atoms with Crippen LogP contribution in [-0.4, -0.2) is 37.0 Å². The number of nitrogens with one attached hydrogen (secondary N) is 1. The molecule has 1 aromatic carbocycles. The molecule has 0 saturated carbocycles. The fourth-order valence-corrected chi connectivity index (χ4v) is 2.42. The third-order valence-corrected chi connectivity index (χ3v) is 3.47. The highest BCUT2D eigenvalue weighted by Crippen LogP contribution is 2.35. The van der Waals surface area contributed by atoms with Crippen molar-refractivity contribution in [1.29, 1.82) is 0 Å². The highest BCUT2D eigenvalue weighted by molar-refractivity contribution is 5.75. The first-order valence-electron chi connectivity index (χ1n) is 7.09. The number of amides is 1. The van der Waals surface area contributed by atoms with Gasteiger partial charge in [-0.25, -0.2) is 0 Å². The largest absolute Gasteiger partial charge is 0.487 e. The van der Waals surface area contributed by atoms with Gasteiger partial charge in [0, 0.05) is 40.0 Å². The lowest BCUT2D eigenvalue weighted by atomic mass is 10.0. The van der Waals surface area contributed by atoms with Gasteiger partial charge in [-0.05, 0) is 31.0 Å². The molecule has 0 saturated heterocycles. The first kappa shape index (κ1) is 14.9. The molecule has 4 nitrogen and oxygen atoms in total. The summed E-state index contributed by atoms with van der Waals surface area (Å²) in [5.41, 5.74) is 2.42. The first-order chi connectivity index (χ1) is 9.37. The fourth-order valence-electron chi connectivity index (χ4n) is 2.42. The van der Waals surface area contributed by atoms with Gasteiger partial charge in [-0.15, -0.1) is 0 Å². The normalized spacial score (nSPS) is 15.6. The predicted octanol–water partition coefficient (Wildman–Crippen LogP) is 1.97. The number of hydrogen-bond acceptors (Lipinski definition) is 3. The van der Waals surface area contributed by atoms with Crippen LogP contribution in [0.25, 0.3) is 0 Å². The van der Waals surface area contributed by atoms with Gasteiger partial charge in [0.2, 0.25) is 5.91 Å². The summed E-state index contributed by atoms with van der Waals surface area (Å²) in [5.74, 6) is 1.16. The molecule has 4 heteroatoms. The molecule has 0 radical (unpaired) electrons. The number of ether oxygens (including phenoxy) is 1. The summed E-state index contributed by atoms with van der Waals surface area (Å²) in [7, 11) is 3.56. The Kier molecular flexibility index (Phi) is 4.33. The van der Waals surface area contributed by atoms with Crippen molar-refractivity contribution in [2.24, 2.45) is 0 Å². The molecule has 1 amide bonds. The molecule has 0 fully saturated rings. The fraction of sp³-hybridized carbons (Fsp3) is 0.562. The van der Waals surface area contributed by atoms with Crippen LogP contribution in [-0.2, 0) is 17.8 Å². The molecule has 0 aromatic heterocycles. The molecule has 1 aliphatic heterocycles. The van der Waals surface area contributed by atoms with E-state index in [0.717, 1.165) is 18.7 Å². The molecule has 1 N–H and O–H groups in total. The Morgan fingerprint density at radius 1 is 1.40 bits per heavy atom. The molecule has 0 atom stereocenters. The number of carbonyl (C=O) groups excluding carboxylic acids is 1. The van der Waals surface area contributed by atoms with Crippen molar-refractivity contribution in [2.75, 3.05) is 20.6 Å². The molecule has 20 heavy (non-hydrogen) atoms. The molecule has 0 bridgehead atoms. The van der Waals surface area contributed by atoms with Gasteiger partial charge < -0.3 is 15.0 Å². The topological polar surface area (TPSA) is 41.6 Å². The molecule has 110 valence electrons. The summed E-state index contributed by atoms with van der Waals surface area (Å²) in [6, 6.07) is 6.33. The molecular weight excluding hydrogens is 252 g/mol. The van der Waals surface area contributed by atoms with Crippen LogP contribution in [0.3, 0.4) is 0 Å². The number of fused-ring (bicyclic) bond motifs is 1. The summed E-state index contributed by atoms with van der Waals surface area (Å²) < 4.78 is 5.86. The summed E-state index contributed by atoms with van der Waals surface area (Å²) in [4.78, 5) is 13.1. The Labute approximate surface area is 121 Å². The lowest BCUT2D eigenvalue weighted by Gasteiger charge is -2.16. The van der Waals surface area contributed by atoms with Crippen LogP contribution in [0.4, 0.5) is 0 Å². The predicted molar refractivity (Wildman–Crippen MR) is 79.9 cm³/mol. The van der Waals surface area contributed by atoms with E-state index in [1.54, 1.807) is 19.0 Å². The molecule has 2 rings (SSSR count). The number of carbonyl (C=O) groups is 1. The lowest BCUT2D eigenvalue weighted by Crippen LogP contribution is -2.26. The molecule has 0 aliphatic carbocycles. The Balaban J connectivity index is 1.82. The van der Waals surface area contributed by atoms with Gasteiger partial charge in [-0.2, -0.15) is 0 Å². The van der Waals surface area contributed by atoms with E-state index in [1.165, 1.54) is 11.1 Å². The van der Waals surface area contributed by atoms with E-state index in [0.29, 0.717) is 13.0 Å². The number of rotatable bonds is 5. The summed E-state index contributed by atoms with van der Waals surface area (Å²) in [6.07, 6.45) is 1.49. The Hall–Kier alpha value is -1.55. The third kappa shape index (κ3) is 3.73. The van der Waals surface area contributed by atoms with E-state index in [4.69, 9.17) is 4.74 Å². The van der Waals surface area contributed by atoms with Crippen molar-refractivity contribution in [3.05, 3.63) is 29.3 Å². The summed E-state index contributed by atoms with van der Waals surface area (Å²) in [5, 5.41) is 3.31. The maximum Gasteiger partial charge on any atom is 0.223 e. The van der Waals surface area contributed by atoms with Crippen LogP contribution in [0.5, 0.6) is 5.75 Å². The lowest BCUT2D eigenvalue weighted by molar-refractivity contribution is -0.128. The number of benzene rings is 1. The van der Waals surface area contributed by atoms with Crippen LogP contribution in [0.1, 0.15) is 31.4 Å². The second-order valence-corrected chi connectivity index (χ2v) is 6.20. The Morgan fingerprint density at radius 2 is 2.15 bits per heavy atom. The van der Waals surface area contributed by atoms with E-state index in [9.17, 15) is 4.79 Å². The van der Waals surface area contributed by atoms with Crippen molar-refractivity contribution in [3.63, 3.8) is 0 Å². The van der Waals surface area contributed by atoms with Crippen molar-refractivity contribution >= 4 is 5.91 Å². The van der Waals surface area contributed by atoms with Crippen molar-refractivity contribution in [2.45, 2.75) is 38.8 Å². The van der Waals surface area contributed by atoms with E-state index in [1.807, 2.05) is 6.07 Å². The maximum absolute atomic E-state index is 11.4. The van der Waals surface area contributed by atoms with Gasteiger partial charge in [0.15, 0.2) is 0 Å². The van der Waals surface area contributed by atoms with Gasteiger partial charge >= 0.3 is 0 Å². The SMILES string of the molecule is CN(C)C(=O)CCNCc1ccc2c(c1)CC(C)(C)O2. The minimum atomic E-state index is -0.0908. The minimum absolute atomic E-state index is 0.0908. The zero-order valence-corrected chi connectivity index (χ0v) is 12.8. The van der Waals surface area contributed by atoms with Crippen molar-refractivity contribution < 1.29 is 9.53 Å². The van der Waals surface area contributed by atoms with Crippen LogP contribution in [0.15, 0.2) is 18.2 Å². The molecule has 1 aromatic rings. The average Bonchev–Trinajstić information content (AvgIpc) is 2.67. The molecular formula is C16H24N2O2. The second-order valence-electron chi connectivity index (χ2n) is 6.20. The zero-order chi connectivity index (χ0) is 14.8. The van der Waals surface area contributed by atoms with Gasteiger partial charge in [0.05, 0.1) is 0 Å². The quantitative estimate of drug-likeness (QED) is 0.836. The highest BCUT2D eigenvalue weighted by Gasteiger charge is 2.29. The van der Waals surface area contributed by atoms with Gasteiger partial charge in [0.25, 0.3) is 0 Å². The zero-order valence-electron chi connectivity index (χ0n) is 12.8. The molecule has 0 unspecified atom stereocenters. The van der Waals surface area contributed by atoms with Gasteiger partial charge in [-0.3, -0.25) is 4.79 Å². The van der Waals surface area contributed by atoms with E-state index in [-0.39, 0.29) is 11.5 Å².